The van der Waals surface area contributed by atoms with Gasteiger partial charge in [-0.05, 0) is 31.9 Å². The molecule has 2 rings (SSSR count). The normalized spacial score (nSPS) is 18.6. The van der Waals surface area contributed by atoms with Crippen LogP contribution < -0.4 is 4.83 Å². The van der Waals surface area contributed by atoms with Crippen LogP contribution in [-0.2, 0) is 14.8 Å². The van der Waals surface area contributed by atoms with Crippen LogP contribution in [0.15, 0.2) is 34.3 Å². The molecule has 5 nitrogen and oxygen atoms in total. The summed E-state index contributed by atoms with van der Waals surface area (Å²) in [5, 5.41) is 3.86. The van der Waals surface area contributed by atoms with Crippen molar-refractivity contribution < 1.29 is 13.2 Å². The van der Waals surface area contributed by atoms with E-state index in [0.29, 0.717) is 18.6 Å². The van der Waals surface area contributed by atoms with Gasteiger partial charge in [0.25, 0.3) is 10.0 Å². The number of benzene rings is 1. The van der Waals surface area contributed by atoms with E-state index >= 15 is 0 Å². The molecule has 1 aliphatic rings. The van der Waals surface area contributed by atoms with Crippen molar-refractivity contribution in [2.24, 2.45) is 5.10 Å². The minimum atomic E-state index is -3.64. The van der Waals surface area contributed by atoms with Crippen molar-refractivity contribution in [2.75, 3.05) is 0 Å². The predicted molar refractivity (Wildman–Crippen MR) is 72.4 cm³/mol. The Morgan fingerprint density at radius 3 is 2.47 bits per heavy atom. The summed E-state index contributed by atoms with van der Waals surface area (Å²) < 4.78 is 23.9. The van der Waals surface area contributed by atoms with Gasteiger partial charge in [0.2, 0.25) is 0 Å². The number of hydrazone groups is 1. The Morgan fingerprint density at radius 2 is 1.84 bits per heavy atom. The van der Waals surface area contributed by atoms with Crippen molar-refractivity contribution in [3.63, 3.8) is 0 Å². The molecule has 0 heterocycles. The quantitative estimate of drug-likeness (QED) is 0.857. The van der Waals surface area contributed by atoms with Crippen LogP contribution in [0.4, 0.5) is 0 Å². The van der Waals surface area contributed by atoms with Crippen LogP contribution in [0.1, 0.15) is 31.2 Å². The molecule has 102 valence electrons. The zero-order chi connectivity index (χ0) is 13.9. The average molecular weight is 280 g/mol. The second-order valence-electron chi connectivity index (χ2n) is 4.65. The minimum absolute atomic E-state index is 0.111. The third-order valence-corrected chi connectivity index (χ3v) is 4.20. The lowest BCUT2D eigenvalue weighted by molar-refractivity contribution is -0.118. The predicted octanol–water partition coefficient (Wildman–Crippen LogP) is 1.77. The van der Waals surface area contributed by atoms with Crippen LogP contribution in [0.5, 0.6) is 0 Å². The van der Waals surface area contributed by atoms with Gasteiger partial charge in [-0.1, -0.05) is 17.7 Å². The molecule has 6 heteroatoms. The Balaban J connectivity index is 2.11. The largest absolute Gasteiger partial charge is 0.299 e. The lowest BCUT2D eigenvalue weighted by Crippen LogP contribution is -2.23. The summed E-state index contributed by atoms with van der Waals surface area (Å²) in [7, 11) is -3.64. The molecule has 1 fully saturated rings. The van der Waals surface area contributed by atoms with Crippen molar-refractivity contribution in [1.29, 1.82) is 0 Å². The first-order valence-electron chi connectivity index (χ1n) is 6.13. The summed E-state index contributed by atoms with van der Waals surface area (Å²) >= 11 is 0. The zero-order valence-corrected chi connectivity index (χ0v) is 11.5. The first-order valence-corrected chi connectivity index (χ1v) is 7.61. The van der Waals surface area contributed by atoms with Crippen molar-refractivity contribution >= 4 is 21.5 Å². The van der Waals surface area contributed by atoms with Crippen molar-refractivity contribution in [2.45, 2.75) is 37.5 Å². The van der Waals surface area contributed by atoms with Crippen LogP contribution >= 0.6 is 0 Å². The molecule has 0 radical (unpaired) electrons. The van der Waals surface area contributed by atoms with Crippen LogP contribution in [0, 0.1) is 6.92 Å². The molecule has 0 bridgehead atoms. The number of nitrogens with zero attached hydrogens (tertiary/aromatic N) is 1. The lowest BCUT2D eigenvalue weighted by atomic mass is 9.97. The molecule has 0 unspecified atom stereocenters. The summed E-state index contributed by atoms with van der Waals surface area (Å²) in [6, 6.07) is 6.52. The number of aryl methyl sites for hydroxylation is 1. The number of nitrogens with one attached hydrogen (secondary N) is 1. The first-order chi connectivity index (χ1) is 8.97. The molecule has 0 saturated heterocycles. The van der Waals surface area contributed by atoms with E-state index in [1.165, 1.54) is 12.1 Å². The third-order valence-electron chi connectivity index (χ3n) is 2.98. The monoisotopic (exact) mass is 280 g/mol. The van der Waals surface area contributed by atoms with Crippen molar-refractivity contribution in [3.8, 4) is 0 Å². The van der Waals surface area contributed by atoms with E-state index in [1.54, 1.807) is 12.1 Å². The molecule has 1 N–H and O–H groups in total. The SMILES string of the molecule is Cc1ccc(S(=O)(=O)N/N=C2\CCCC(=O)C2)cc1. The maximum absolute atomic E-state index is 12.0. The second-order valence-corrected chi connectivity index (χ2v) is 6.32. The van der Waals surface area contributed by atoms with Gasteiger partial charge in [-0.15, -0.1) is 0 Å². The van der Waals surface area contributed by atoms with E-state index in [-0.39, 0.29) is 17.1 Å². The summed E-state index contributed by atoms with van der Waals surface area (Å²) in [4.78, 5) is 13.6. The van der Waals surface area contributed by atoms with E-state index in [0.717, 1.165) is 12.0 Å². The number of Topliss-reactive ketones (excluding diaryl/α,β-unsaturated/α-hetero) is 1. The number of carbonyl (C=O) groups excluding carboxylic acids is 1. The van der Waals surface area contributed by atoms with Gasteiger partial charge in [-0.3, -0.25) is 4.79 Å². The van der Waals surface area contributed by atoms with Gasteiger partial charge in [-0.25, -0.2) is 4.83 Å². The molecule has 0 spiro atoms. The topological polar surface area (TPSA) is 75.6 Å². The molecule has 0 amide bonds. The van der Waals surface area contributed by atoms with Crippen LogP contribution in [0.25, 0.3) is 0 Å². The number of carbonyl (C=O) groups is 1. The van der Waals surface area contributed by atoms with Crippen LogP contribution in [0.3, 0.4) is 0 Å². The molecule has 0 aromatic heterocycles. The summed E-state index contributed by atoms with van der Waals surface area (Å²) in [5.74, 6) is 0.111. The lowest BCUT2D eigenvalue weighted by Gasteiger charge is -2.12. The minimum Gasteiger partial charge on any atom is -0.299 e. The molecule has 19 heavy (non-hydrogen) atoms. The van der Waals surface area contributed by atoms with Crippen LogP contribution in [0.2, 0.25) is 0 Å². The fourth-order valence-electron chi connectivity index (χ4n) is 1.88. The summed E-state index contributed by atoms with van der Waals surface area (Å²) in [6.07, 6.45) is 2.21. The molecule has 0 aliphatic heterocycles. The van der Waals surface area contributed by atoms with Crippen molar-refractivity contribution in [1.82, 2.24) is 4.83 Å². The van der Waals surface area contributed by atoms with Gasteiger partial charge in [0.15, 0.2) is 0 Å². The maximum atomic E-state index is 12.0. The molecule has 1 aliphatic carbocycles. The Kier molecular flexibility index (Phi) is 3.99. The highest BCUT2D eigenvalue weighted by atomic mass is 32.2. The molecule has 1 saturated carbocycles. The second kappa shape index (κ2) is 5.52. The van der Waals surface area contributed by atoms with Gasteiger partial charge in [0.05, 0.1) is 4.90 Å². The fraction of sp³-hybridized carbons (Fsp3) is 0.385. The number of hydrogen-bond acceptors (Lipinski definition) is 4. The van der Waals surface area contributed by atoms with Crippen LogP contribution in [-0.4, -0.2) is 19.9 Å². The molecule has 1 aromatic carbocycles. The number of sulfonamides is 1. The average Bonchev–Trinajstić information content (AvgIpc) is 2.37. The van der Waals surface area contributed by atoms with E-state index in [4.69, 9.17) is 0 Å². The standard InChI is InChI=1S/C13H16N2O3S/c1-10-5-7-13(8-6-10)19(17,18)15-14-11-3-2-4-12(16)9-11/h5-8,15H,2-4,9H2,1H3/b14-11+. The fourth-order valence-corrected chi connectivity index (χ4v) is 2.73. The molecular formula is C13H16N2O3S. The van der Waals surface area contributed by atoms with E-state index in [1.807, 2.05) is 6.92 Å². The van der Waals surface area contributed by atoms with Gasteiger partial charge in [-0.2, -0.15) is 13.5 Å². The van der Waals surface area contributed by atoms with E-state index in [9.17, 15) is 13.2 Å². The van der Waals surface area contributed by atoms with Gasteiger partial charge in [0, 0.05) is 18.6 Å². The number of rotatable bonds is 3. The van der Waals surface area contributed by atoms with E-state index < -0.39 is 10.0 Å². The molecule has 1 aromatic rings. The molecule has 0 atom stereocenters. The highest BCUT2D eigenvalue weighted by molar-refractivity contribution is 7.89. The van der Waals surface area contributed by atoms with Crippen molar-refractivity contribution in [3.05, 3.63) is 29.8 Å². The van der Waals surface area contributed by atoms with Gasteiger partial charge < -0.3 is 0 Å². The first kappa shape index (κ1) is 13.7. The number of hydrogen-bond donors (Lipinski definition) is 1. The highest BCUT2D eigenvalue weighted by Gasteiger charge is 2.17. The van der Waals surface area contributed by atoms with Gasteiger partial charge in [0.1, 0.15) is 5.78 Å². The third kappa shape index (κ3) is 3.64. The highest BCUT2D eigenvalue weighted by Crippen LogP contribution is 2.13. The Bertz CT molecular complexity index is 603. The zero-order valence-electron chi connectivity index (χ0n) is 10.7. The summed E-state index contributed by atoms with van der Waals surface area (Å²) in [5.41, 5.74) is 1.59. The summed E-state index contributed by atoms with van der Waals surface area (Å²) in [6.45, 7) is 1.89. The Labute approximate surface area is 112 Å². The Morgan fingerprint density at radius 1 is 1.16 bits per heavy atom. The smallest absolute Gasteiger partial charge is 0.276 e. The van der Waals surface area contributed by atoms with Gasteiger partial charge >= 0.3 is 0 Å². The Hall–Kier alpha value is -1.69. The van der Waals surface area contributed by atoms with E-state index in [2.05, 4.69) is 9.93 Å². The number of ketones is 1. The maximum Gasteiger partial charge on any atom is 0.276 e. The molecular weight excluding hydrogens is 264 g/mol.